The lowest BCUT2D eigenvalue weighted by Gasteiger charge is -2.30. The highest BCUT2D eigenvalue weighted by atomic mass is 19.4. The fourth-order valence-electron chi connectivity index (χ4n) is 2.09. The number of ether oxygens (including phenoxy) is 1. The summed E-state index contributed by atoms with van der Waals surface area (Å²) in [6.07, 6.45) is -2.50. The van der Waals surface area contributed by atoms with E-state index in [1.165, 1.54) is 0 Å². The molecule has 1 atom stereocenters. The molecule has 116 valence electrons. The van der Waals surface area contributed by atoms with Gasteiger partial charge in [-0.3, -0.25) is 9.59 Å². The first-order valence-corrected chi connectivity index (χ1v) is 6.49. The lowest BCUT2D eigenvalue weighted by Crippen LogP contribution is -2.51. The van der Waals surface area contributed by atoms with E-state index in [1.54, 1.807) is 0 Å². The van der Waals surface area contributed by atoms with Crippen LogP contribution in [0.2, 0.25) is 0 Å². The van der Waals surface area contributed by atoms with Gasteiger partial charge in [0.1, 0.15) is 6.54 Å². The van der Waals surface area contributed by atoms with Crippen molar-refractivity contribution in [1.82, 2.24) is 10.2 Å². The number of amides is 1. The third-order valence-electron chi connectivity index (χ3n) is 3.10. The molecule has 1 unspecified atom stereocenters. The SMILES string of the molecule is COC(=O)CCN(CC(F)(F)F)C(=O)C1CCCCN1. The smallest absolute Gasteiger partial charge is 0.406 e. The summed E-state index contributed by atoms with van der Waals surface area (Å²) >= 11 is 0. The molecule has 0 aromatic rings. The second kappa shape index (κ2) is 7.47. The number of nitrogens with zero attached hydrogens (tertiary/aromatic N) is 1. The summed E-state index contributed by atoms with van der Waals surface area (Å²) in [6, 6.07) is -0.594. The average molecular weight is 296 g/mol. The standard InChI is InChI=1S/C12H19F3N2O3/c1-20-10(18)5-7-17(8-12(13,14)15)11(19)9-4-2-3-6-16-9/h9,16H,2-8H2,1H3. The second-order valence-electron chi connectivity index (χ2n) is 4.70. The Bertz CT molecular complexity index is 341. The number of nitrogens with one attached hydrogen (secondary N) is 1. The van der Waals surface area contributed by atoms with Crippen molar-refractivity contribution in [1.29, 1.82) is 0 Å². The number of rotatable bonds is 5. The molecule has 1 saturated heterocycles. The number of alkyl halides is 3. The third-order valence-corrected chi connectivity index (χ3v) is 3.10. The van der Waals surface area contributed by atoms with Crippen molar-refractivity contribution in [3.63, 3.8) is 0 Å². The minimum Gasteiger partial charge on any atom is -0.469 e. The van der Waals surface area contributed by atoms with Crippen molar-refractivity contribution in [3.05, 3.63) is 0 Å². The van der Waals surface area contributed by atoms with E-state index in [1.807, 2.05) is 0 Å². The van der Waals surface area contributed by atoms with Gasteiger partial charge in [-0.2, -0.15) is 13.2 Å². The summed E-state index contributed by atoms with van der Waals surface area (Å²) in [4.78, 5) is 23.8. The number of halogens is 3. The van der Waals surface area contributed by atoms with Crippen LogP contribution in [0.3, 0.4) is 0 Å². The Hall–Kier alpha value is -1.31. The van der Waals surface area contributed by atoms with Crippen LogP contribution in [0.4, 0.5) is 13.2 Å². The molecule has 0 radical (unpaired) electrons. The molecule has 0 aromatic carbocycles. The third kappa shape index (κ3) is 5.77. The molecule has 1 aliphatic heterocycles. The van der Waals surface area contributed by atoms with Gasteiger partial charge in [-0.15, -0.1) is 0 Å². The monoisotopic (exact) mass is 296 g/mol. The van der Waals surface area contributed by atoms with Gasteiger partial charge in [0.15, 0.2) is 0 Å². The van der Waals surface area contributed by atoms with Crippen LogP contribution < -0.4 is 5.32 Å². The van der Waals surface area contributed by atoms with Crippen molar-refractivity contribution >= 4 is 11.9 Å². The number of piperidine rings is 1. The molecular weight excluding hydrogens is 277 g/mol. The normalized spacial score (nSPS) is 19.5. The Morgan fingerprint density at radius 3 is 2.55 bits per heavy atom. The summed E-state index contributed by atoms with van der Waals surface area (Å²) in [6.45, 7) is -1.02. The molecule has 0 aliphatic carbocycles. The number of hydrogen-bond donors (Lipinski definition) is 1. The summed E-state index contributed by atoms with van der Waals surface area (Å²) in [5.41, 5.74) is 0. The Kier molecular flexibility index (Phi) is 6.25. The molecule has 1 amide bonds. The zero-order valence-electron chi connectivity index (χ0n) is 11.3. The first-order valence-electron chi connectivity index (χ1n) is 6.49. The Labute approximate surface area is 115 Å². The first-order chi connectivity index (χ1) is 9.33. The van der Waals surface area contributed by atoms with Gasteiger partial charge in [-0.25, -0.2) is 0 Å². The van der Waals surface area contributed by atoms with Crippen LogP contribution in [0.5, 0.6) is 0 Å². The predicted molar refractivity (Wildman–Crippen MR) is 64.9 cm³/mol. The highest BCUT2D eigenvalue weighted by Gasteiger charge is 2.35. The minimum atomic E-state index is -4.49. The largest absolute Gasteiger partial charge is 0.469 e. The molecule has 1 N–H and O–H groups in total. The maximum atomic E-state index is 12.5. The van der Waals surface area contributed by atoms with Gasteiger partial charge < -0.3 is 15.0 Å². The highest BCUT2D eigenvalue weighted by molar-refractivity contribution is 5.82. The summed E-state index contributed by atoms with van der Waals surface area (Å²) in [5.74, 6) is -1.24. The molecule has 5 nitrogen and oxygen atoms in total. The predicted octanol–water partition coefficient (Wildman–Crippen LogP) is 1.08. The zero-order valence-corrected chi connectivity index (χ0v) is 11.3. The van der Waals surface area contributed by atoms with E-state index < -0.39 is 30.6 Å². The fourth-order valence-corrected chi connectivity index (χ4v) is 2.09. The van der Waals surface area contributed by atoms with Gasteiger partial charge in [0, 0.05) is 6.54 Å². The van der Waals surface area contributed by atoms with Crippen molar-refractivity contribution in [2.75, 3.05) is 26.7 Å². The van der Waals surface area contributed by atoms with Gasteiger partial charge in [0.2, 0.25) is 5.91 Å². The second-order valence-corrected chi connectivity index (χ2v) is 4.70. The van der Waals surface area contributed by atoms with Crippen molar-refractivity contribution in [3.8, 4) is 0 Å². The molecule has 8 heteroatoms. The Morgan fingerprint density at radius 2 is 2.05 bits per heavy atom. The molecule has 1 heterocycles. The quantitative estimate of drug-likeness (QED) is 0.771. The van der Waals surface area contributed by atoms with Gasteiger partial charge in [-0.1, -0.05) is 6.42 Å². The van der Waals surface area contributed by atoms with E-state index >= 15 is 0 Å². The van der Waals surface area contributed by atoms with Gasteiger partial charge >= 0.3 is 12.1 Å². The Morgan fingerprint density at radius 1 is 1.35 bits per heavy atom. The molecule has 0 spiro atoms. The molecule has 1 fully saturated rings. The Balaban J connectivity index is 2.64. The molecule has 1 aliphatic rings. The van der Waals surface area contributed by atoms with Crippen LogP contribution in [-0.2, 0) is 14.3 Å². The number of hydrogen-bond acceptors (Lipinski definition) is 4. The number of carbonyl (C=O) groups is 2. The highest BCUT2D eigenvalue weighted by Crippen LogP contribution is 2.19. The van der Waals surface area contributed by atoms with E-state index in [2.05, 4.69) is 10.1 Å². The van der Waals surface area contributed by atoms with E-state index in [-0.39, 0.29) is 13.0 Å². The maximum absolute atomic E-state index is 12.5. The van der Waals surface area contributed by atoms with Crippen LogP contribution in [0.1, 0.15) is 25.7 Å². The summed E-state index contributed by atoms with van der Waals surface area (Å²) in [5, 5.41) is 2.91. The minimum absolute atomic E-state index is 0.245. The fraction of sp³-hybridized carbons (Fsp3) is 0.833. The van der Waals surface area contributed by atoms with Crippen molar-refractivity contribution in [2.24, 2.45) is 0 Å². The van der Waals surface area contributed by atoms with Gasteiger partial charge in [0.05, 0.1) is 19.6 Å². The number of methoxy groups -OCH3 is 1. The molecule has 0 bridgehead atoms. The van der Waals surface area contributed by atoms with Crippen LogP contribution in [0.15, 0.2) is 0 Å². The van der Waals surface area contributed by atoms with E-state index in [9.17, 15) is 22.8 Å². The van der Waals surface area contributed by atoms with E-state index in [0.29, 0.717) is 17.9 Å². The topological polar surface area (TPSA) is 58.6 Å². The van der Waals surface area contributed by atoms with E-state index in [0.717, 1.165) is 20.0 Å². The van der Waals surface area contributed by atoms with Crippen LogP contribution in [-0.4, -0.2) is 55.7 Å². The molecular formula is C12H19F3N2O3. The summed E-state index contributed by atoms with van der Waals surface area (Å²) in [7, 11) is 1.15. The van der Waals surface area contributed by atoms with Gasteiger partial charge in [0.25, 0.3) is 0 Å². The molecule has 0 aromatic heterocycles. The average Bonchev–Trinajstić information content (AvgIpc) is 2.42. The molecule has 1 rings (SSSR count). The lowest BCUT2D eigenvalue weighted by molar-refractivity contribution is -0.164. The molecule has 0 saturated carbocycles. The first kappa shape index (κ1) is 16.7. The number of esters is 1. The van der Waals surface area contributed by atoms with Crippen LogP contribution >= 0.6 is 0 Å². The van der Waals surface area contributed by atoms with E-state index in [4.69, 9.17) is 0 Å². The zero-order chi connectivity index (χ0) is 15.2. The van der Waals surface area contributed by atoms with Crippen molar-refractivity contribution in [2.45, 2.75) is 37.9 Å². The maximum Gasteiger partial charge on any atom is 0.406 e. The molecule has 20 heavy (non-hydrogen) atoms. The van der Waals surface area contributed by atoms with Crippen molar-refractivity contribution < 1.29 is 27.5 Å². The van der Waals surface area contributed by atoms with Crippen LogP contribution in [0.25, 0.3) is 0 Å². The van der Waals surface area contributed by atoms with Gasteiger partial charge in [-0.05, 0) is 19.4 Å². The van der Waals surface area contributed by atoms with Crippen LogP contribution in [0, 0.1) is 0 Å². The number of carbonyl (C=O) groups excluding carboxylic acids is 2. The lowest BCUT2D eigenvalue weighted by atomic mass is 10.0. The summed E-state index contributed by atoms with van der Waals surface area (Å²) < 4.78 is 41.9.